The molecule has 5 rings (SSSR count). The van der Waals surface area contributed by atoms with Gasteiger partial charge < -0.3 is 14.7 Å². The number of aromatic nitrogens is 3. The first-order valence-corrected chi connectivity index (χ1v) is 8.91. The highest BCUT2D eigenvalue weighted by atomic mass is 32.1. The van der Waals surface area contributed by atoms with Crippen LogP contribution in [0.25, 0.3) is 10.9 Å². The second kappa shape index (κ2) is 5.53. The predicted molar refractivity (Wildman–Crippen MR) is 101 cm³/mol. The van der Waals surface area contributed by atoms with Crippen molar-refractivity contribution in [2.45, 2.75) is 12.5 Å². The summed E-state index contributed by atoms with van der Waals surface area (Å²) in [6.07, 6.45) is 0.476. The van der Waals surface area contributed by atoms with Crippen LogP contribution in [-0.2, 0) is 13.5 Å². The van der Waals surface area contributed by atoms with Crippen molar-refractivity contribution in [2.24, 2.45) is 7.05 Å². The molecule has 0 fully saturated rings. The number of hydrogen-bond acceptors (Lipinski definition) is 2. The fourth-order valence-electron chi connectivity index (χ4n) is 4.09. The highest BCUT2D eigenvalue weighted by Gasteiger charge is 2.34. The molecule has 0 radical (unpaired) electrons. The van der Waals surface area contributed by atoms with Crippen LogP contribution in [0.5, 0.6) is 5.88 Å². The second-order valence-corrected chi connectivity index (χ2v) is 7.19. The Morgan fingerprint density at radius 3 is 2.59 bits per heavy atom. The summed E-state index contributed by atoms with van der Waals surface area (Å²) in [6, 6.07) is 10.7. The average molecular weight is 383 g/mol. The van der Waals surface area contributed by atoms with Crippen LogP contribution in [0, 0.1) is 16.4 Å². The number of nitrogens with one attached hydrogen (secondary N) is 1. The van der Waals surface area contributed by atoms with Crippen LogP contribution in [0.1, 0.15) is 28.6 Å². The van der Waals surface area contributed by atoms with Gasteiger partial charge in [-0.05, 0) is 41.5 Å². The summed E-state index contributed by atoms with van der Waals surface area (Å²) in [6.45, 7) is 0. The smallest absolute Gasteiger partial charge is 0.213 e. The largest absolute Gasteiger partial charge is 0.493 e. The van der Waals surface area contributed by atoms with Crippen molar-refractivity contribution >= 4 is 23.1 Å². The first-order valence-electron chi connectivity index (χ1n) is 8.50. The zero-order chi connectivity index (χ0) is 18.9. The topological polar surface area (TPSA) is 45.9 Å². The van der Waals surface area contributed by atoms with Gasteiger partial charge in [-0.3, -0.25) is 4.57 Å². The number of fused-ring (bicyclic) bond motifs is 4. The van der Waals surface area contributed by atoms with Gasteiger partial charge in [-0.2, -0.15) is 0 Å². The zero-order valence-corrected chi connectivity index (χ0v) is 15.1. The van der Waals surface area contributed by atoms with Crippen LogP contribution in [0.15, 0.2) is 42.5 Å². The molecule has 0 aliphatic carbocycles. The molecule has 1 aliphatic rings. The SMILES string of the molecule is Cn1c(O)c2n(c1=S)[C@H](c1cc(F)cc(F)c1)c1[nH]c3ccccc3c1C2. The maximum Gasteiger partial charge on any atom is 0.213 e. The Bertz CT molecular complexity index is 1260. The van der Waals surface area contributed by atoms with E-state index in [1.165, 1.54) is 16.7 Å². The molecule has 1 aliphatic heterocycles. The van der Waals surface area contributed by atoms with Gasteiger partial charge in [-0.1, -0.05) is 18.2 Å². The molecule has 27 heavy (non-hydrogen) atoms. The molecule has 136 valence electrons. The fraction of sp³-hybridized carbons (Fsp3) is 0.150. The first-order chi connectivity index (χ1) is 13.0. The minimum atomic E-state index is -0.651. The molecule has 1 atom stereocenters. The van der Waals surface area contributed by atoms with E-state index in [9.17, 15) is 13.9 Å². The number of benzene rings is 2. The lowest BCUT2D eigenvalue weighted by molar-refractivity contribution is 0.424. The minimum Gasteiger partial charge on any atom is -0.493 e. The highest BCUT2D eigenvalue weighted by Crippen LogP contribution is 2.42. The third-order valence-corrected chi connectivity index (χ3v) is 5.75. The Kier molecular flexibility index (Phi) is 3.33. The lowest BCUT2D eigenvalue weighted by atomic mass is 9.93. The minimum absolute atomic E-state index is 0.0674. The van der Waals surface area contributed by atoms with Crippen molar-refractivity contribution in [1.29, 1.82) is 0 Å². The lowest BCUT2D eigenvalue weighted by Gasteiger charge is -2.26. The van der Waals surface area contributed by atoms with E-state index in [1.807, 2.05) is 24.3 Å². The molecular formula is C20H15F2N3OS. The number of nitrogens with zero attached hydrogens (tertiary/aromatic N) is 2. The fourth-order valence-corrected chi connectivity index (χ4v) is 4.39. The van der Waals surface area contributed by atoms with Crippen molar-refractivity contribution in [3.05, 3.63) is 81.4 Å². The van der Waals surface area contributed by atoms with Gasteiger partial charge in [-0.25, -0.2) is 8.78 Å². The normalized spacial score (nSPS) is 15.7. The van der Waals surface area contributed by atoms with Crippen LogP contribution < -0.4 is 0 Å². The van der Waals surface area contributed by atoms with Gasteiger partial charge in [-0.15, -0.1) is 0 Å². The Morgan fingerprint density at radius 2 is 1.85 bits per heavy atom. The summed E-state index contributed by atoms with van der Waals surface area (Å²) in [5.74, 6) is -1.24. The van der Waals surface area contributed by atoms with E-state index in [0.717, 1.165) is 28.2 Å². The summed E-state index contributed by atoms with van der Waals surface area (Å²) in [5.41, 5.74) is 3.83. The first kappa shape index (κ1) is 16.3. The highest BCUT2D eigenvalue weighted by molar-refractivity contribution is 7.71. The van der Waals surface area contributed by atoms with Crippen molar-refractivity contribution < 1.29 is 13.9 Å². The standard InChI is InChI=1S/C20H15F2N3OS/c1-24-19(26)16-9-14-13-4-2-3-5-15(13)23-17(14)18(25(16)20(24)27)10-6-11(21)8-12(22)7-10/h2-8,18,23,26H,9H2,1H3/t18-/m1/s1. The Morgan fingerprint density at radius 1 is 1.15 bits per heavy atom. The molecule has 2 aromatic heterocycles. The van der Waals surface area contributed by atoms with E-state index >= 15 is 0 Å². The van der Waals surface area contributed by atoms with Crippen LogP contribution >= 0.6 is 12.2 Å². The second-order valence-electron chi connectivity index (χ2n) is 6.83. The molecule has 4 nitrogen and oxygen atoms in total. The van der Waals surface area contributed by atoms with Crippen LogP contribution in [0.3, 0.4) is 0 Å². The van der Waals surface area contributed by atoms with Gasteiger partial charge in [0.2, 0.25) is 5.88 Å². The van der Waals surface area contributed by atoms with Crippen LogP contribution in [0.2, 0.25) is 0 Å². The van der Waals surface area contributed by atoms with Crippen LogP contribution in [0.4, 0.5) is 8.78 Å². The number of rotatable bonds is 1. The zero-order valence-electron chi connectivity index (χ0n) is 14.3. The summed E-state index contributed by atoms with van der Waals surface area (Å²) >= 11 is 5.52. The van der Waals surface area contributed by atoms with Crippen molar-refractivity contribution in [1.82, 2.24) is 14.1 Å². The molecule has 3 heterocycles. The third-order valence-electron chi connectivity index (χ3n) is 5.28. The van der Waals surface area contributed by atoms with Crippen LogP contribution in [-0.4, -0.2) is 19.2 Å². The quantitative estimate of drug-likeness (QED) is 0.417. The Hall–Kier alpha value is -2.93. The number of aromatic amines is 1. The van der Waals surface area contributed by atoms with Crippen molar-refractivity contribution in [3.8, 4) is 5.88 Å². The molecule has 0 unspecified atom stereocenters. The van der Waals surface area contributed by atoms with Crippen molar-refractivity contribution in [2.75, 3.05) is 0 Å². The summed E-state index contributed by atoms with van der Waals surface area (Å²) in [5, 5.41) is 11.6. The van der Waals surface area contributed by atoms with Gasteiger partial charge in [0.1, 0.15) is 17.7 Å². The molecule has 0 amide bonds. The maximum atomic E-state index is 14.0. The van der Waals surface area contributed by atoms with E-state index in [4.69, 9.17) is 12.2 Å². The number of H-pyrrole nitrogens is 1. The van der Waals surface area contributed by atoms with Gasteiger partial charge in [0.05, 0.1) is 5.69 Å². The Balaban J connectivity index is 1.89. The molecule has 0 saturated heterocycles. The average Bonchev–Trinajstić information content (AvgIpc) is 3.11. The van der Waals surface area contributed by atoms with E-state index in [-0.39, 0.29) is 5.88 Å². The monoisotopic (exact) mass is 383 g/mol. The molecule has 2 aromatic carbocycles. The van der Waals surface area contributed by atoms with Gasteiger partial charge >= 0.3 is 0 Å². The number of imidazole rings is 1. The molecule has 2 N–H and O–H groups in total. The van der Waals surface area contributed by atoms with E-state index in [2.05, 4.69) is 4.98 Å². The summed E-state index contributed by atoms with van der Waals surface area (Å²) in [7, 11) is 1.68. The number of aromatic hydroxyl groups is 1. The lowest BCUT2D eigenvalue weighted by Crippen LogP contribution is -2.22. The van der Waals surface area contributed by atoms with Gasteiger partial charge in [0.15, 0.2) is 4.77 Å². The molecule has 7 heteroatoms. The Labute approximate surface area is 158 Å². The maximum absolute atomic E-state index is 14.0. The molecule has 0 bridgehead atoms. The molecule has 0 saturated carbocycles. The number of hydrogen-bond donors (Lipinski definition) is 2. The molecular weight excluding hydrogens is 368 g/mol. The van der Waals surface area contributed by atoms with Gasteiger partial charge in [0, 0.05) is 36.1 Å². The predicted octanol–water partition coefficient (Wildman–Crippen LogP) is 4.56. The third kappa shape index (κ3) is 2.21. The number of para-hydroxylation sites is 1. The van der Waals surface area contributed by atoms with Gasteiger partial charge in [0.25, 0.3) is 0 Å². The van der Waals surface area contributed by atoms with Crippen molar-refractivity contribution in [3.63, 3.8) is 0 Å². The number of halogens is 2. The molecule has 0 spiro atoms. The summed E-state index contributed by atoms with van der Waals surface area (Å²) < 4.78 is 31.6. The van der Waals surface area contributed by atoms with E-state index in [0.29, 0.717) is 22.4 Å². The van der Waals surface area contributed by atoms with E-state index < -0.39 is 17.7 Å². The summed E-state index contributed by atoms with van der Waals surface area (Å²) in [4.78, 5) is 3.40. The van der Waals surface area contributed by atoms with E-state index in [1.54, 1.807) is 11.6 Å². The molecule has 4 aromatic rings.